The number of nitrogens with one attached hydrogen (secondary N) is 2. The standard InChI is InChI=1S/C19H21N5O2/c1-12(17(25)13-5-3-2-4-6-13)10-23-18(26)16-9-14(11-22-16)15-7-8-21-19(20)24-15/h2-9,11-12,17,22,25H,10H2,1H3,(H,23,26)(H2,20,21,24). The highest BCUT2D eigenvalue weighted by atomic mass is 16.3. The lowest BCUT2D eigenvalue weighted by Crippen LogP contribution is -2.31. The summed E-state index contributed by atoms with van der Waals surface area (Å²) < 4.78 is 0. The Labute approximate surface area is 151 Å². The Balaban J connectivity index is 1.60. The molecule has 3 rings (SSSR count). The number of aromatic nitrogens is 3. The van der Waals surface area contributed by atoms with Crippen LogP contribution >= 0.6 is 0 Å². The molecule has 0 aliphatic rings. The molecule has 0 bridgehead atoms. The first kappa shape index (κ1) is 17.6. The van der Waals surface area contributed by atoms with Gasteiger partial charge in [0.05, 0.1) is 11.8 Å². The maximum atomic E-state index is 12.3. The number of nitrogens with two attached hydrogens (primary N) is 1. The first-order chi connectivity index (χ1) is 12.5. The fourth-order valence-corrected chi connectivity index (χ4v) is 2.65. The second-order valence-corrected chi connectivity index (χ2v) is 6.14. The number of hydrogen-bond donors (Lipinski definition) is 4. The number of aliphatic hydroxyl groups excluding tert-OH is 1. The molecule has 134 valence electrons. The monoisotopic (exact) mass is 351 g/mol. The zero-order valence-electron chi connectivity index (χ0n) is 14.4. The van der Waals surface area contributed by atoms with Crippen molar-refractivity contribution in [2.45, 2.75) is 13.0 Å². The van der Waals surface area contributed by atoms with Crippen LogP contribution in [0.25, 0.3) is 11.3 Å². The molecular formula is C19H21N5O2. The Morgan fingerprint density at radius 1 is 1.31 bits per heavy atom. The van der Waals surface area contributed by atoms with Crippen molar-refractivity contribution in [3.8, 4) is 11.3 Å². The van der Waals surface area contributed by atoms with Crippen LogP contribution in [0, 0.1) is 5.92 Å². The van der Waals surface area contributed by atoms with Crippen LogP contribution in [-0.2, 0) is 0 Å². The molecule has 0 saturated carbocycles. The highest BCUT2D eigenvalue weighted by Crippen LogP contribution is 2.21. The van der Waals surface area contributed by atoms with Gasteiger partial charge < -0.3 is 21.1 Å². The third-order valence-electron chi connectivity index (χ3n) is 4.16. The van der Waals surface area contributed by atoms with Crippen molar-refractivity contribution in [1.29, 1.82) is 0 Å². The molecule has 2 aromatic heterocycles. The first-order valence-corrected chi connectivity index (χ1v) is 8.33. The number of anilines is 1. The van der Waals surface area contributed by atoms with E-state index >= 15 is 0 Å². The van der Waals surface area contributed by atoms with Gasteiger partial charge in [-0.25, -0.2) is 9.97 Å². The summed E-state index contributed by atoms with van der Waals surface area (Å²) in [5, 5.41) is 13.2. The van der Waals surface area contributed by atoms with Gasteiger partial charge in [-0.05, 0) is 17.7 Å². The minimum Gasteiger partial charge on any atom is -0.388 e. The topological polar surface area (TPSA) is 117 Å². The van der Waals surface area contributed by atoms with Crippen LogP contribution in [0.2, 0.25) is 0 Å². The zero-order valence-corrected chi connectivity index (χ0v) is 14.4. The molecule has 3 aromatic rings. The number of benzene rings is 1. The second kappa shape index (κ2) is 7.79. The summed E-state index contributed by atoms with van der Waals surface area (Å²) in [5.41, 5.74) is 8.22. The average Bonchev–Trinajstić information content (AvgIpc) is 3.16. The number of nitrogen functional groups attached to an aromatic ring is 1. The number of carbonyl (C=O) groups excluding carboxylic acids is 1. The molecule has 2 heterocycles. The molecule has 1 amide bonds. The molecule has 2 unspecified atom stereocenters. The fraction of sp³-hybridized carbons (Fsp3) is 0.211. The summed E-state index contributed by atoms with van der Waals surface area (Å²) in [5.74, 6) is -0.193. The summed E-state index contributed by atoms with van der Waals surface area (Å²) in [6.45, 7) is 2.24. The highest BCUT2D eigenvalue weighted by Gasteiger charge is 2.18. The fourth-order valence-electron chi connectivity index (χ4n) is 2.65. The Bertz CT molecular complexity index is 878. The molecule has 26 heavy (non-hydrogen) atoms. The average molecular weight is 351 g/mol. The van der Waals surface area contributed by atoms with Crippen LogP contribution in [0.4, 0.5) is 5.95 Å². The lowest BCUT2D eigenvalue weighted by Gasteiger charge is -2.19. The lowest BCUT2D eigenvalue weighted by atomic mass is 9.97. The number of rotatable bonds is 6. The molecule has 1 aromatic carbocycles. The number of carbonyl (C=O) groups is 1. The Morgan fingerprint density at radius 3 is 2.81 bits per heavy atom. The van der Waals surface area contributed by atoms with E-state index in [2.05, 4.69) is 20.3 Å². The molecule has 0 radical (unpaired) electrons. The summed E-state index contributed by atoms with van der Waals surface area (Å²) in [6, 6.07) is 12.8. The SMILES string of the molecule is CC(CNC(=O)c1cc(-c2ccnc(N)n2)c[nH]1)C(O)c1ccccc1. The molecule has 0 fully saturated rings. The molecule has 0 spiro atoms. The third kappa shape index (κ3) is 4.07. The van der Waals surface area contributed by atoms with Crippen molar-refractivity contribution in [3.63, 3.8) is 0 Å². The Kier molecular flexibility index (Phi) is 5.28. The minimum atomic E-state index is -0.639. The number of hydrogen-bond acceptors (Lipinski definition) is 5. The minimum absolute atomic E-state index is 0.127. The highest BCUT2D eigenvalue weighted by molar-refractivity contribution is 5.93. The van der Waals surface area contributed by atoms with E-state index in [9.17, 15) is 9.90 Å². The van der Waals surface area contributed by atoms with E-state index < -0.39 is 6.10 Å². The van der Waals surface area contributed by atoms with Gasteiger partial charge in [-0.15, -0.1) is 0 Å². The van der Waals surface area contributed by atoms with Crippen LogP contribution < -0.4 is 11.1 Å². The number of H-pyrrole nitrogens is 1. The van der Waals surface area contributed by atoms with Crippen LogP contribution in [0.15, 0.2) is 54.9 Å². The number of nitrogens with zero attached hydrogens (tertiary/aromatic N) is 2. The van der Waals surface area contributed by atoms with E-state index in [4.69, 9.17) is 5.73 Å². The van der Waals surface area contributed by atoms with Crippen LogP contribution in [-0.4, -0.2) is 32.5 Å². The van der Waals surface area contributed by atoms with Gasteiger partial charge in [0.1, 0.15) is 5.69 Å². The third-order valence-corrected chi connectivity index (χ3v) is 4.16. The molecule has 0 aliphatic heterocycles. The van der Waals surface area contributed by atoms with Gasteiger partial charge in [0.25, 0.3) is 5.91 Å². The van der Waals surface area contributed by atoms with Gasteiger partial charge in [-0.3, -0.25) is 4.79 Å². The van der Waals surface area contributed by atoms with Gasteiger partial charge in [-0.1, -0.05) is 37.3 Å². The zero-order chi connectivity index (χ0) is 18.5. The first-order valence-electron chi connectivity index (χ1n) is 8.33. The predicted molar refractivity (Wildman–Crippen MR) is 99.1 cm³/mol. The molecule has 2 atom stereocenters. The Hall–Kier alpha value is -3.19. The van der Waals surface area contributed by atoms with Crippen LogP contribution in [0.5, 0.6) is 0 Å². The summed E-state index contributed by atoms with van der Waals surface area (Å²) in [7, 11) is 0. The molecule has 7 nitrogen and oxygen atoms in total. The summed E-state index contributed by atoms with van der Waals surface area (Å²) in [4.78, 5) is 23.3. The van der Waals surface area contributed by atoms with E-state index in [1.807, 2.05) is 37.3 Å². The van der Waals surface area contributed by atoms with E-state index in [0.29, 0.717) is 17.9 Å². The van der Waals surface area contributed by atoms with E-state index in [1.54, 1.807) is 24.5 Å². The molecular weight excluding hydrogens is 330 g/mol. The van der Waals surface area contributed by atoms with Crippen molar-refractivity contribution >= 4 is 11.9 Å². The van der Waals surface area contributed by atoms with Gasteiger partial charge in [0, 0.05) is 30.4 Å². The smallest absolute Gasteiger partial charge is 0.267 e. The van der Waals surface area contributed by atoms with Gasteiger partial charge in [0.2, 0.25) is 5.95 Å². The van der Waals surface area contributed by atoms with Crippen molar-refractivity contribution in [2.75, 3.05) is 12.3 Å². The second-order valence-electron chi connectivity index (χ2n) is 6.14. The van der Waals surface area contributed by atoms with E-state index in [1.165, 1.54) is 0 Å². The van der Waals surface area contributed by atoms with Crippen molar-refractivity contribution < 1.29 is 9.90 Å². The van der Waals surface area contributed by atoms with Gasteiger partial charge in [0.15, 0.2) is 0 Å². The van der Waals surface area contributed by atoms with Crippen molar-refractivity contribution in [2.24, 2.45) is 5.92 Å². The van der Waals surface area contributed by atoms with Gasteiger partial charge >= 0.3 is 0 Å². The molecule has 0 aliphatic carbocycles. The molecule has 7 heteroatoms. The van der Waals surface area contributed by atoms with Crippen molar-refractivity contribution in [1.82, 2.24) is 20.3 Å². The van der Waals surface area contributed by atoms with Crippen molar-refractivity contribution in [3.05, 3.63) is 66.1 Å². The van der Waals surface area contributed by atoms with Crippen LogP contribution in [0.3, 0.4) is 0 Å². The number of aromatic amines is 1. The number of amides is 1. The molecule has 0 saturated heterocycles. The maximum Gasteiger partial charge on any atom is 0.267 e. The summed E-state index contributed by atoms with van der Waals surface area (Å²) in [6.07, 6.45) is 2.62. The van der Waals surface area contributed by atoms with E-state index in [0.717, 1.165) is 11.1 Å². The lowest BCUT2D eigenvalue weighted by molar-refractivity contribution is 0.0892. The van der Waals surface area contributed by atoms with E-state index in [-0.39, 0.29) is 17.8 Å². The predicted octanol–water partition coefficient (Wildman–Crippen LogP) is 2.15. The van der Waals surface area contributed by atoms with Crippen LogP contribution in [0.1, 0.15) is 29.1 Å². The number of aliphatic hydroxyl groups is 1. The van der Waals surface area contributed by atoms with Gasteiger partial charge in [-0.2, -0.15) is 0 Å². The quantitative estimate of drug-likeness (QED) is 0.543. The Morgan fingerprint density at radius 2 is 2.08 bits per heavy atom. The molecule has 5 N–H and O–H groups in total. The summed E-state index contributed by atoms with van der Waals surface area (Å²) >= 11 is 0. The maximum absolute atomic E-state index is 12.3. The normalized spacial score (nSPS) is 13.2. The largest absolute Gasteiger partial charge is 0.388 e.